The third-order valence-corrected chi connectivity index (χ3v) is 4.56. The van der Waals surface area contributed by atoms with Crippen LogP contribution in [0.2, 0.25) is 0 Å². The Balaban J connectivity index is 1.92. The normalized spacial score (nSPS) is 19.5. The fourth-order valence-electron chi connectivity index (χ4n) is 2.65. The van der Waals surface area contributed by atoms with Crippen LogP contribution in [0, 0.1) is 5.92 Å². The van der Waals surface area contributed by atoms with Crippen LogP contribution in [-0.2, 0) is 16.0 Å². The van der Waals surface area contributed by atoms with Gasteiger partial charge < -0.3 is 5.32 Å². The highest BCUT2D eigenvalue weighted by Crippen LogP contribution is 2.18. The number of anilines is 1. The Morgan fingerprint density at radius 1 is 1.48 bits per heavy atom. The van der Waals surface area contributed by atoms with E-state index in [1.807, 2.05) is 11.8 Å². The molecule has 7 nitrogen and oxygen atoms in total. The van der Waals surface area contributed by atoms with E-state index in [2.05, 4.69) is 34.7 Å². The highest BCUT2D eigenvalue weighted by atomic mass is 32.1. The number of nitrogens with zero attached hydrogens (tertiary/aromatic N) is 3. The summed E-state index contributed by atoms with van der Waals surface area (Å²) >= 11 is 1.41. The van der Waals surface area contributed by atoms with Crippen molar-refractivity contribution in [3.63, 3.8) is 0 Å². The lowest BCUT2D eigenvalue weighted by molar-refractivity contribution is -0.126. The first-order chi connectivity index (χ1) is 11.0. The quantitative estimate of drug-likeness (QED) is 0.815. The Kier molecular flexibility index (Phi) is 6.47. The zero-order chi connectivity index (χ0) is 16.8. The minimum Gasteiger partial charge on any atom is -0.355 e. The number of aromatic nitrogens is 2. The van der Waals surface area contributed by atoms with Gasteiger partial charge in [-0.15, -0.1) is 10.2 Å². The van der Waals surface area contributed by atoms with Crippen LogP contribution in [0.5, 0.6) is 0 Å². The summed E-state index contributed by atoms with van der Waals surface area (Å²) in [6, 6.07) is -0.242. The summed E-state index contributed by atoms with van der Waals surface area (Å²) in [6.45, 7) is 7.81. The van der Waals surface area contributed by atoms with Crippen LogP contribution in [-0.4, -0.2) is 52.6 Å². The van der Waals surface area contributed by atoms with Gasteiger partial charge in [-0.05, 0) is 18.8 Å². The maximum absolute atomic E-state index is 12.2. The van der Waals surface area contributed by atoms with Crippen LogP contribution >= 0.6 is 11.3 Å². The van der Waals surface area contributed by atoms with Gasteiger partial charge in [0, 0.05) is 19.5 Å². The molecule has 1 aliphatic heterocycles. The van der Waals surface area contributed by atoms with Gasteiger partial charge in [-0.25, -0.2) is 0 Å². The standard InChI is InChI=1S/C15H25N5O2S/c1-4-11-14(22)16-6-5-7-20(11)9-12(21)17-15-19-18-13(23-15)8-10(2)3/h10-11H,4-9H2,1-3H3,(H,16,22)(H,17,19,21)/t11-/m1/s1. The van der Waals surface area contributed by atoms with Crippen LogP contribution in [0.3, 0.4) is 0 Å². The van der Waals surface area contributed by atoms with E-state index in [9.17, 15) is 9.59 Å². The summed E-state index contributed by atoms with van der Waals surface area (Å²) in [7, 11) is 0. The second-order valence-corrected chi connectivity index (χ2v) is 7.25. The minimum atomic E-state index is -0.242. The Morgan fingerprint density at radius 2 is 2.26 bits per heavy atom. The predicted molar refractivity (Wildman–Crippen MR) is 90.4 cm³/mol. The molecule has 2 amide bonds. The van der Waals surface area contributed by atoms with Crippen molar-refractivity contribution in [2.24, 2.45) is 5.92 Å². The average Bonchev–Trinajstić information content (AvgIpc) is 2.81. The molecule has 0 unspecified atom stereocenters. The van der Waals surface area contributed by atoms with E-state index in [1.165, 1.54) is 11.3 Å². The topological polar surface area (TPSA) is 87.2 Å². The maximum Gasteiger partial charge on any atom is 0.240 e. The summed E-state index contributed by atoms with van der Waals surface area (Å²) in [5, 5.41) is 15.2. The third kappa shape index (κ3) is 5.24. The first-order valence-corrected chi connectivity index (χ1v) is 8.95. The molecular weight excluding hydrogens is 314 g/mol. The molecule has 0 aromatic carbocycles. The van der Waals surface area contributed by atoms with Crippen molar-refractivity contribution in [1.82, 2.24) is 20.4 Å². The van der Waals surface area contributed by atoms with Crippen molar-refractivity contribution in [2.75, 3.05) is 25.0 Å². The second kappa shape index (κ2) is 8.35. The molecule has 2 rings (SSSR count). The molecule has 23 heavy (non-hydrogen) atoms. The van der Waals surface area contributed by atoms with Gasteiger partial charge in [0.15, 0.2) is 0 Å². The molecule has 0 aliphatic carbocycles. The average molecular weight is 339 g/mol. The van der Waals surface area contributed by atoms with Gasteiger partial charge in [-0.2, -0.15) is 0 Å². The largest absolute Gasteiger partial charge is 0.355 e. The van der Waals surface area contributed by atoms with Gasteiger partial charge in [0.25, 0.3) is 0 Å². The molecule has 2 N–H and O–H groups in total. The van der Waals surface area contributed by atoms with Crippen molar-refractivity contribution in [1.29, 1.82) is 0 Å². The van der Waals surface area contributed by atoms with Gasteiger partial charge >= 0.3 is 0 Å². The lowest BCUT2D eigenvalue weighted by Crippen LogP contribution is -2.46. The SMILES string of the molecule is CC[C@@H]1C(=O)NCCCN1CC(=O)Nc1nnc(CC(C)C)s1. The second-order valence-electron chi connectivity index (χ2n) is 6.19. The Labute approximate surface area is 140 Å². The molecule has 1 aromatic heterocycles. The number of carbonyl (C=O) groups is 2. The van der Waals surface area contributed by atoms with Gasteiger partial charge in [0.2, 0.25) is 16.9 Å². The maximum atomic E-state index is 12.2. The van der Waals surface area contributed by atoms with Gasteiger partial charge in [-0.3, -0.25) is 19.8 Å². The molecule has 0 spiro atoms. The molecule has 0 radical (unpaired) electrons. The van der Waals surface area contributed by atoms with Crippen LogP contribution in [0.1, 0.15) is 38.6 Å². The highest BCUT2D eigenvalue weighted by Gasteiger charge is 2.28. The molecule has 0 saturated carbocycles. The summed E-state index contributed by atoms with van der Waals surface area (Å²) in [5.41, 5.74) is 0. The number of hydrogen-bond acceptors (Lipinski definition) is 6. The zero-order valence-electron chi connectivity index (χ0n) is 14.0. The van der Waals surface area contributed by atoms with Crippen molar-refractivity contribution in [3.05, 3.63) is 5.01 Å². The third-order valence-electron chi connectivity index (χ3n) is 3.69. The van der Waals surface area contributed by atoms with E-state index in [4.69, 9.17) is 0 Å². The van der Waals surface area contributed by atoms with E-state index >= 15 is 0 Å². The number of carbonyl (C=O) groups excluding carboxylic acids is 2. The lowest BCUT2D eigenvalue weighted by Gasteiger charge is -2.26. The van der Waals surface area contributed by atoms with E-state index in [0.717, 1.165) is 24.4 Å². The molecule has 1 atom stereocenters. The minimum absolute atomic E-state index is 0.00735. The molecule has 8 heteroatoms. The van der Waals surface area contributed by atoms with Gasteiger partial charge in [0.05, 0.1) is 12.6 Å². The van der Waals surface area contributed by atoms with Gasteiger partial charge in [-0.1, -0.05) is 32.1 Å². The van der Waals surface area contributed by atoms with Crippen LogP contribution in [0.15, 0.2) is 0 Å². The van der Waals surface area contributed by atoms with E-state index < -0.39 is 0 Å². The monoisotopic (exact) mass is 339 g/mol. The smallest absolute Gasteiger partial charge is 0.240 e. The van der Waals surface area contributed by atoms with Crippen LogP contribution in [0.4, 0.5) is 5.13 Å². The Morgan fingerprint density at radius 3 is 2.96 bits per heavy atom. The van der Waals surface area contributed by atoms with Crippen molar-refractivity contribution in [3.8, 4) is 0 Å². The molecule has 1 fully saturated rings. The molecular formula is C15H25N5O2S. The fraction of sp³-hybridized carbons (Fsp3) is 0.733. The summed E-state index contributed by atoms with van der Waals surface area (Å²) in [5.74, 6) is 0.366. The zero-order valence-corrected chi connectivity index (χ0v) is 14.8. The summed E-state index contributed by atoms with van der Waals surface area (Å²) < 4.78 is 0. The fourth-order valence-corrected chi connectivity index (χ4v) is 3.61. The van der Waals surface area contributed by atoms with E-state index in [-0.39, 0.29) is 24.4 Å². The predicted octanol–water partition coefficient (Wildman–Crippen LogP) is 1.28. The van der Waals surface area contributed by atoms with Crippen molar-refractivity contribution < 1.29 is 9.59 Å². The molecule has 1 aromatic rings. The molecule has 2 heterocycles. The number of nitrogens with one attached hydrogen (secondary N) is 2. The molecule has 128 valence electrons. The van der Waals surface area contributed by atoms with Crippen LogP contribution in [0.25, 0.3) is 0 Å². The van der Waals surface area contributed by atoms with E-state index in [1.54, 1.807) is 0 Å². The first kappa shape index (κ1) is 17.8. The number of rotatable bonds is 6. The Hall–Kier alpha value is -1.54. The van der Waals surface area contributed by atoms with Crippen molar-refractivity contribution >= 4 is 28.3 Å². The number of hydrogen-bond donors (Lipinski definition) is 2. The molecule has 1 aliphatic rings. The molecule has 1 saturated heterocycles. The van der Waals surface area contributed by atoms with E-state index in [0.29, 0.717) is 24.0 Å². The first-order valence-electron chi connectivity index (χ1n) is 8.13. The van der Waals surface area contributed by atoms with Crippen LogP contribution < -0.4 is 10.6 Å². The lowest BCUT2D eigenvalue weighted by atomic mass is 10.1. The highest BCUT2D eigenvalue weighted by molar-refractivity contribution is 7.15. The summed E-state index contributed by atoms with van der Waals surface area (Å²) in [4.78, 5) is 26.2. The number of amides is 2. The molecule has 0 bridgehead atoms. The van der Waals surface area contributed by atoms with Gasteiger partial charge in [0.1, 0.15) is 5.01 Å². The van der Waals surface area contributed by atoms with Crippen molar-refractivity contribution in [2.45, 2.75) is 46.1 Å². The summed E-state index contributed by atoms with van der Waals surface area (Å²) in [6.07, 6.45) is 2.40. The Bertz CT molecular complexity index is 546.